The average Bonchev–Trinajstić information content (AvgIpc) is 3.16. The van der Waals surface area contributed by atoms with Crippen LogP contribution >= 0.6 is 11.6 Å². The summed E-state index contributed by atoms with van der Waals surface area (Å²) in [5, 5.41) is 12.8. The number of H-pyrrole nitrogens is 1. The number of ether oxygens (including phenoxy) is 1. The molecule has 8 heteroatoms. The van der Waals surface area contributed by atoms with E-state index in [-0.39, 0.29) is 30.5 Å². The molecule has 2 aromatic rings. The van der Waals surface area contributed by atoms with Gasteiger partial charge in [0.05, 0.1) is 16.8 Å². The van der Waals surface area contributed by atoms with Gasteiger partial charge < -0.3 is 15.4 Å². The van der Waals surface area contributed by atoms with Crippen molar-refractivity contribution in [3.63, 3.8) is 0 Å². The van der Waals surface area contributed by atoms with E-state index in [1.807, 2.05) is 0 Å². The van der Waals surface area contributed by atoms with Gasteiger partial charge in [0.2, 0.25) is 0 Å². The number of nitrogens with zero attached hydrogens (tertiary/aromatic N) is 1. The Kier molecular flexibility index (Phi) is 6.12. The standard InChI is InChI=1S/C18H21ClN4O3/c19-15-6-1-2-7-16(15)26-11-17(24)22-13-4-3-5-14(8-13)23-18(25)12-9-20-21-10-12/h1-2,6-7,9-10,13-14H,3-5,8,11H2,(H,20,21)(H,22,24)(H,23,25)/t13-,14+/m1/s1. The van der Waals surface area contributed by atoms with Crippen LogP contribution < -0.4 is 15.4 Å². The van der Waals surface area contributed by atoms with Gasteiger partial charge in [0.25, 0.3) is 11.8 Å². The van der Waals surface area contributed by atoms with Crippen molar-refractivity contribution >= 4 is 23.4 Å². The molecule has 3 N–H and O–H groups in total. The van der Waals surface area contributed by atoms with Crippen LogP contribution in [-0.4, -0.2) is 40.7 Å². The number of amides is 2. The first kappa shape index (κ1) is 18.3. The molecule has 1 aromatic heterocycles. The van der Waals surface area contributed by atoms with Crippen molar-refractivity contribution in [3.05, 3.63) is 47.2 Å². The summed E-state index contributed by atoms with van der Waals surface area (Å²) < 4.78 is 5.46. The zero-order valence-corrected chi connectivity index (χ0v) is 15.0. The van der Waals surface area contributed by atoms with Gasteiger partial charge in [-0.05, 0) is 37.8 Å². The molecule has 1 aliphatic rings. The average molecular weight is 377 g/mol. The summed E-state index contributed by atoms with van der Waals surface area (Å²) in [7, 11) is 0. The van der Waals surface area contributed by atoms with Crippen LogP contribution in [0.15, 0.2) is 36.7 Å². The normalized spacial score (nSPS) is 19.6. The Morgan fingerprint density at radius 1 is 1.23 bits per heavy atom. The summed E-state index contributed by atoms with van der Waals surface area (Å²) in [6.45, 7) is -0.0910. The third-order valence-corrected chi connectivity index (χ3v) is 4.64. The van der Waals surface area contributed by atoms with Gasteiger partial charge in [0.15, 0.2) is 6.61 Å². The quantitative estimate of drug-likeness (QED) is 0.720. The predicted octanol–water partition coefficient (Wildman–Crippen LogP) is 2.30. The van der Waals surface area contributed by atoms with Gasteiger partial charge in [0, 0.05) is 18.3 Å². The van der Waals surface area contributed by atoms with Crippen LogP contribution in [0.4, 0.5) is 0 Å². The highest BCUT2D eigenvalue weighted by Gasteiger charge is 2.25. The molecule has 0 unspecified atom stereocenters. The molecule has 1 aromatic carbocycles. The van der Waals surface area contributed by atoms with E-state index in [1.165, 1.54) is 6.20 Å². The van der Waals surface area contributed by atoms with Crippen molar-refractivity contribution in [2.45, 2.75) is 37.8 Å². The Morgan fingerprint density at radius 3 is 2.73 bits per heavy atom. The maximum Gasteiger partial charge on any atom is 0.258 e. The number of aromatic nitrogens is 2. The van der Waals surface area contributed by atoms with E-state index in [0.29, 0.717) is 22.8 Å². The lowest BCUT2D eigenvalue weighted by Crippen LogP contribution is -2.46. The number of rotatable bonds is 6. The fourth-order valence-electron chi connectivity index (χ4n) is 3.07. The number of carbonyl (C=O) groups is 2. The fraction of sp³-hybridized carbons (Fsp3) is 0.389. The van der Waals surface area contributed by atoms with Gasteiger partial charge in [-0.2, -0.15) is 5.10 Å². The van der Waals surface area contributed by atoms with Crippen LogP contribution in [0.5, 0.6) is 5.75 Å². The molecule has 1 saturated carbocycles. The highest BCUT2D eigenvalue weighted by atomic mass is 35.5. The summed E-state index contributed by atoms with van der Waals surface area (Å²) in [6, 6.07) is 7.07. The summed E-state index contributed by atoms with van der Waals surface area (Å²) in [5.74, 6) is 0.132. The van der Waals surface area contributed by atoms with Crippen molar-refractivity contribution < 1.29 is 14.3 Å². The third-order valence-electron chi connectivity index (χ3n) is 4.33. The number of para-hydroxylation sites is 1. The van der Waals surface area contributed by atoms with Crippen LogP contribution in [0, 0.1) is 0 Å². The van der Waals surface area contributed by atoms with Crippen LogP contribution in [-0.2, 0) is 4.79 Å². The Labute approximate surface area is 156 Å². The van der Waals surface area contributed by atoms with Crippen molar-refractivity contribution in [2.24, 2.45) is 0 Å². The van der Waals surface area contributed by atoms with E-state index in [0.717, 1.165) is 19.3 Å². The minimum absolute atomic E-state index is 0.0146. The zero-order valence-electron chi connectivity index (χ0n) is 14.2. The molecule has 7 nitrogen and oxygen atoms in total. The summed E-state index contributed by atoms with van der Waals surface area (Å²) in [6.07, 6.45) is 6.46. The molecule has 0 spiro atoms. The molecule has 1 fully saturated rings. The molecule has 138 valence electrons. The number of benzene rings is 1. The van der Waals surface area contributed by atoms with Crippen molar-refractivity contribution in [1.29, 1.82) is 0 Å². The van der Waals surface area contributed by atoms with Gasteiger partial charge in [0.1, 0.15) is 5.75 Å². The Balaban J connectivity index is 1.45. The SMILES string of the molecule is O=C(COc1ccccc1Cl)N[C@@H]1CCC[C@H](NC(=O)c2cn[nH]c2)C1. The largest absolute Gasteiger partial charge is 0.482 e. The minimum Gasteiger partial charge on any atom is -0.482 e. The smallest absolute Gasteiger partial charge is 0.258 e. The molecule has 0 bridgehead atoms. The second-order valence-corrected chi connectivity index (χ2v) is 6.71. The second kappa shape index (κ2) is 8.71. The number of nitrogens with one attached hydrogen (secondary N) is 3. The Bertz CT molecular complexity index is 751. The lowest BCUT2D eigenvalue weighted by Gasteiger charge is -2.30. The van der Waals surface area contributed by atoms with Crippen molar-refractivity contribution in [3.8, 4) is 5.75 Å². The van der Waals surface area contributed by atoms with E-state index in [2.05, 4.69) is 20.8 Å². The Morgan fingerprint density at radius 2 is 2.00 bits per heavy atom. The van der Waals surface area contributed by atoms with E-state index < -0.39 is 0 Å². The van der Waals surface area contributed by atoms with E-state index in [9.17, 15) is 9.59 Å². The second-order valence-electron chi connectivity index (χ2n) is 6.31. The van der Waals surface area contributed by atoms with Crippen LogP contribution in [0.25, 0.3) is 0 Å². The molecule has 1 heterocycles. The molecule has 3 rings (SSSR count). The maximum absolute atomic E-state index is 12.1. The predicted molar refractivity (Wildman–Crippen MR) is 97.2 cm³/mol. The van der Waals surface area contributed by atoms with Crippen molar-refractivity contribution in [1.82, 2.24) is 20.8 Å². The maximum atomic E-state index is 12.1. The number of hydrogen-bond acceptors (Lipinski definition) is 4. The van der Waals surface area contributed by atoms with E-state index in [1.54, 1.807) is 30.5 Å². The van der Waals surface area contributed by atoms with Gasteiger partial charge in [-0.25, -0.2) is 0 Å². The van der Waals surface area contributed by atoms with E-state index in [4.69, 9.17) is 16.3 Å². The molecule has 0 radical (unpaired) electrons. The van der Waals surface area contributed by atoms with Gasteiger partial charge in [-0.3, -0.25) is 14.7 Å². The fourth-order valence-corrected chi connectivity index (χ4v) is 3.26. The van der Waals surface area contributed by atoms with Crippen LogP contribution in [0.2, 0.25) is 5.02 Å². The highest BCUT2D eigenvalue weighted by Crippen LogP contribution is 2.23. The number of aromatic amines is 1. The minimum atomic E-state index is -0.197. The Hall–Kier alpha value is -2.54. The molecule has 1 aliphatic carbocycles. The van der Waals surface area contributed by atoms with E-state index >= 15 is 0 Å². The van der Waals surface area contributed by atoms with Gasteiger partial charge in [-0.15, -0.1) is 0 Å². The van der Waals surface area contributed by atoms with Gasteiger partial charge >= 0.3 is 0 Å². The highest BCUT2D eigenvalue weighted by molar-refractivity contribution is 6.32. The van der Waals surface area contributed by atoms with Crippen molar-refractivity contribution in [2.75, 3.05) is 6.61 Å². The first-order valence-electron chi connectivity index (χ1n) is 8.58. The van der Waals surface area contributed by atoms with Crippen LogP contribution in [0.3, 0.4) is 0 Å². The molecule has 26 heavy (non-hydrogen) atoms. The lowest BCUT2D eigenvalue weighted by molar-refractivity contribution is -0.124. The monoisotopic (exact) mass is 376 g/mol. The first-order chi connectivity index (χ1) is 12.6. The first-order valence-corrected chi connectivity index (χ1v) is 8.96. The molecular formula is C18H21ClN4O3. The lowest BCUT2D eigenvalue weighted by atomic mass is 9.90. The van der Waals surface area contributed by atoms with Gasteiger partial charge in [-0.1, -0.05) is 23.7 Å². The summed E-state index contributed by atoms with van der Waals surface area (Å²) in [5.41, 5.74) is 0.504. The zero-order chi connectivity index (χ0) is 18.4. The molecule has 0 aliphatic heterocycles. The third kappa shape index (κ3) is 4.98. The molecular weight excluding hydrogens is 356 g/mol. The van der Waals surface area contributed by atoms with Crippen LogP contribution in [0.1, 0.15) is 36.0 Å². The number of carbonyl (C=O) groups excluding carboxylic acids is 2. The number of hydrogen-bond donors (Lipinski definition) is 3. The summed E-state index contributed by atoms with van der Waals surface area (Å²) >= 11 is 6.01. The summed E-state index contributed by atoms with van der Waals surface area (Å²) in [4.78, 5) is 24.2. The topological polar surface area (TPSA) is 96.1 Å². The number of halogens is 1. The molecule has 2 amide bonds. The molecule has 2 atom stereocenters. The molecule has 0 saturated heterocycles.